The number of hydrogen-bond donors (Lipinski definition) is 3. The number of piperidine rings is 1. The molecule has 142 valence electrons. The second-order valence-corrected chi connectivity index (χ2v) is 7.21. The van der Waals surface area contributed by atoms with Gasteiger partial charge in [-0.1, -0.05) is 12.1 Å². The average Bonchev–Trinajstić information content (AvgIpc) is 3.24. The summed E-state index contributed by atoms with van der Waals surface area (Å²) in [6, 6.07) is 4.69. The standard InChI is InChI=1S/C19H22N4O4/c24-15-7-6-14(17(25)22-15)23-18(26)13-5-1-3-11(16(13)19(23)27)9-20-10-12-4-2-8-21-12/h1,3,5,12,14,20-21H,2,4,6-10H2,(H,22,24,25)/t12-,14?/m0/s1. The summed E-state index contributed by atoms with van der Waals surface area (Å²) in [4.78, 5) is 50.3. The average molecular weight is 370 g/mol. The molecule has 1 aromatic rings. The number of imide groups is 2. The van der Waals surface area contributed by atoms with Crippen molar-refractivity contribution in [1.82, 2.24) is 20.9 Å². The van der Waals surface area contributed by atoms with Crippen LogP contribution in [0.5, 0.6) is 0 Å². The van der Waals surface area contributed by atoms with E-state index < -0.39 is 23.8 Å². The normalized spacial score (nSPS) is 25.1. The topological polar surface area (TPSA) is 108 Å². The number of nitrogens with one attached hydrogen (secondary N) is 3. The Morgan fingerprint density at radius 2 is 1.96 bits per heavy atom. The van der Waals surface area contributed by atoms with Crippen molar-refractivity contribution in [3.8, 4) is 0 Å². The Hall–Kier alpha value is -2.58. The Kier molecular flexibility index (Phi) is 4.75. The first-order valence-corrected chi connectivity index (χ1v) is 9.34. The van der Waals surface area contributed by atoms with Crippen LogP contribution in [0, 0.1) is 0 Å². The van der Waals surface area contributed by atoms with Crippen molar-refractivity contribution in [3.05, 3.63) is 34.9 Å². The van der Waals surface area contributed by atoms with Gasteiger partial charge in [0.2, 0.25) is 11.8 Å². The summed E-state index contributed by atoms with van der Waals surface area (Å²) < 4.78 is 0. The number of carbonyl (C=O) groups excluding carboxylic acids is 4. The third-order valence-corrected chi connectivity index (χ3v) is 5.42. The molecule has 4 rings (SSSR count). The van der Waals surface area contributed by atoms with Crippen LogP contribution < -0.4 is 16.0 Å². The van der Waals surface area contributed by atoms with Crippen LogP contribution in [0.3, 0.4) is 0 Å². The van der Waals surface area contributed by atoms with Crippen molar-refractivity contribution in [1.29, 1.82) is 0 Å². The molecule has 4 amide bonds. The van der Waals surface area contributed by atoms with E-state index in [1.54, 1.807) is 12.1 Å². The second-order valence-electron chi connectivity index (χ2n) is 7.21. The predicted molar refractivity (Wildman–Crippen MR) is 95.8 cm³/mol. The van der Waals surface area contributed by atoms with Gasteiger partial charge in [0, 0.05) is 25.6 Å². The van der Waals surface area contributed by atoms with Gasteiger partial charge in [0.1, 0.15) is 6.04 Å². The fourth-order valence-corrected chi connectivity index (χ4v) is 4.04. The van der Waals surface area contributed by atoms with Crippen LogP contribution in [0.1, 0.15) is 52.0 Å². The molecule has 3 aliphatic heterocycles. The maximum atomic E-state index is 13.0. The molecule has 1 aromatic carbocycles. The molecule has 2 fully saturated rings. The molecular formula is C19H22N4O4. The van der Waals surface area contributed by atoms with Gasteiger partial charge < -0.3 is 10.6 Å². The molecular weight excluding hydrogens is 348 g/mol. The molecule has 0 spiro atoms. The highest BCUT2D eigenvalue weighted by Crippen LogP contribution is 2.29. The lowest BCUT2D eigenvalue weighted by Gasteiger charge is -2.27. The van der Waals surface area contributed by atoms with Gasteiger partial charge >= 0.3 is 0 Å². The zero-order valence-electron chi connectivity index (χ0n) is 14.9. The van der Waals surface area contributed by atoms with E-state index in [4.69, 9.17) is 0 Å². The number of rotatable bonds is 5. The highest BCUT2D eigenvalue weighted by atomic mass is 16.2. The van der Waals surface area contributed by atoms with Crippen LogP contribution in [0.15, 0.2) is 18.2 Å². The molecule has 2 saturated heterocycles. The van der Waals surface area contributed by atoms with E-state index >= 15 is 0 Å². The van der Waals surface area contributed by atoms with E-state index in [1.807, 2.05) is 6.07 Å². The molecule has 0 radical (unpaired) electrons. The van der Waals surface area contributed by atoms with Gasteiger partial charge in [-0.2, -0.15) is 0 Å². The van der Waals surface area contributed by atoms with E-state index in [0.717, 1.165) is 30.0 Å². The van der Waals surface area contributed by atoms with E-state index in [0.29, 0.717) is 23.7 Å². The van der Waals surface area contributed by atoms with Crippen molar-refractivity contribution >= 4 is 23.6 Å². The maximum Gasteiger partial charge on any atom is 0.262 e. The summed E-state index contributed by atoms with van der Waals surface area (Å²) in [5.41, 5.74) is 1.43. The Bertz CT molecular complexity index is 816. The van der Waals surface area contributed by atoms with Crippen LogP contribution in [-0.4, -0.2) is 53.7 Å². The molecule has 0 saturated carbocycles. The molecule has 27 heavy (non-hydrogen) atoms. The third kappa shape index (κ3) is 3.26. The van der Waals surface area contributed by atoms with Crippen molar-refractivity contribution in [2.24, 2.45) is 0 Å². The molecule has 8 nitrogen and oxygen atoms in total. The van der Waals surface area contributed by atoms with Crippen LogP contribution in [-0.2, 0) is 16.1 Å². The van der Waals surface area contributed by atoms with Crippen LogP contribution in [0.4, 0.5) is 0 Å². The maximum absolute atomic E-state index is 13.0. The molecule has 0 aromatic heterocycles. The zero-order chi connectivity index (χ0) is 19.0. The number of amides is 4. The molecule has 3 aliphatic rings. The summed E-state index contributed by atoms with van der Waals surface area (Å²) in [6.45, 7) is 2.30. The lowest BCUT2D eigenvalue weighted by molar-refractivity contribution is -0.136. The van der Waals surface area contributed by atoms with Gasteiger partial charge in [-0.25, -0.2) is 0 Å². The van der Waals surface area contributed by atoms with Gasteiger partial charge in [0.25, 0.3) is 11.8 Å². The van der Waals surface area contributed by atoms with E-state index in [-0.39, 0.29) is 18.7 Å². The second kappa shape index (κ2) is 7.21. The summed E-state index contributed by atoms with van der Waals surface area (Å²) >= 11 is 0. The largest absolute Gasteiger partial charge is 0.313 e. The summed E-state index contributed by atoms with van der Waals surface area (Å²) in [7, 11) is 0. The third-order valence-electron chi connectivity index (χ3n) is 5.42. The smallest absolute Gasteiger partial charge is 0.262 e. The number of fused-ring (bicyclic) bond motifs is 1. The van der Waals surface area contributed by atoms with Crippen LogP contribution in [0.2, 0.25) is 0 Å². The van der Waals surface area contributed by atoms with E-state index in [1.165, 1.54) is 6.42 Å². The first kappa shape index (κ1) is 17.8. The van der Waals surface area contributed by atoms with Crippen molar-refractivity contribution < 1.29 is 19.2 Å². The Morgan fingerprint density at radius 1 is 1.11 bits per heavy atom. The monoisotopic (exact) mass is 370 g/mol. The van der Waals surface area contributed by atoms with E-state index in [9.17, 15) is 19.2 Å². The number of benzene rings is 1. The van der Waals surface area contributed by atoms with E-state index in [2.05, 4.69) is 16.0 Å². The number of nitrogens with zero attached hydrogens (tertiary/aromatic N) is 1. The number of carbonyl (C=O) groups is 4. The zero-order valence-corrected chi connectivity index (χ0v) is 14.9. The first-order chi connectivity index (χ1) is 13.1. The van der Waals surface area contributed by atoms with Crippen LogP contribution >= 0.6 is 0 Å². The quantitative estimate of drug-likeness (QED) is 0.627. The SMILES string of the molecule is O=C1CCC(N2C(=O)c3cccc(CNC[C@@H]4CCCN4)c3C2=O)C(=O)N1. The summed E-state index contributed by atoms with van der Waals surface area (Å²) in [6.07, 6.45) is 2.57. The highest BCUT2D eigenvalue weighted by molar-refractivity contribution is 6.24. The minimum atomic E-state index is -0.932. The molecule has 3 N–H and O–H groups in total. The van der Waals surface area contributed by atoms with Gasteiger partial charge in [-0.3, -0.25) is 29.4 Å². The van der Waals surface area contributed by atoms with Crippen molar-refractivity contribution in [2.45, 2.75) is 44.3 Å². The Morgan fingerprint density at radius 3 is 2.70 bits per heavy atom. The molecule has 8 heteroatoms. The van der Waals surface area contributed by atoms with Gasteiger partial charge in [0.05, 0.1) is 11.1 Å². The van der Waals surface area contributed by atoms with Gasteiger partial charge in [0.15, 0.2) is 0 Å². The van der Waals surface area contributed by atoms with Crippen molar-refractivity contribution in [3.63, 3.8) is 0 Å². The number of hydrogen-bond acceptors (Lipinski definition) is 6. The fraction of sp³-hybridized carbons (Fsp3) is 0.474. The Labute approximate surface area is 156 Å². The lowest BCUT2D eigenvalue weighted by Crippen LogP contribution is -2.54. The molecule has 1 unspecified atom stereocenters. The van der Waals surface area contributed by atoms with Gasteiger partial charge in [-0.15, -0.1) is 0 Å². The first-order valence-electron chi connectivity index (χ1n) is 9.34. The van der Waals surface area contributed by atoms with Crippen molar-refractivity contribution in [2.75, 3.05) is 13.1 Å². The highest BCUT2D eigenvalue weighted by Gasteiger charge is 2.45. The summed E-state index contributed by atoms with van der Waals surface area (Å²) in [5, 5.41) is 8.97. The Balaban J connectivity index is 1.52. The molecule has 3 heterocycles. The molecule has 0 bridgehead atoms. The van der Waals surface area contributed by atoms with Gasteiger partial charge in [-0.05, 0) is 37.4 Å². The minimum absolute atomic E-state index is 0.118. The molecule has 0 aliphatic carbocycles. The molecule has 2 atom stereocenters. The summed E-state index contributed by atoms with van der Waals surface area (Å²) in [5.74, 6) is -1.89. The predicted octanol–water partition coefficient (Wildman–Crippen LogP) is -0.0706. The van der Waals surface area contributed by atoms with Crippen LogP contribution in [0.25, 0.3) is 0 Å². The lowest BCUT2D eigenvalue weighted by atomic mass is 10.0. The minimum Gasteiger partial charge on any atom is -0.313 e. The fourth-order valence-electron chi connectivity index (χ4n) is 4.04.